The van der Waals surface area contributed by atoms with Crippen LogP contribution in [0.4, 0.5) is 0 Å². The molecule has 2 rings (SSSR count). The second-order valence-electron chi connectivity index (χ2n) is 3.10. The molecule has 0 amide bonds. The third-order valence-corrected chi connectivity index (χ3v) is 2.07. The van der Waals surface area contributed by atoms with Gasteiger partial charge in [-0.1, -0.05) is 0 Å². The second kappa shape index (κ2) is 4.60. The number of aromatic nitrogens is 1. The molecular weight excluding hydrogens is 186 g/mol. The summed E-state index contributed by atoms with van der Waals surface area (Å²) in [6, 6.07) is 14.6. The van der Waals surface area contributed by atoms with Gasteiger partial charge in [0.1, 0.15) is 5.75 Å². The lowest BCUT2D eigenvalue weighted by atomic mass is 10.1. The Kier molecular flexibility index (Phi) is 2.98. The molecule has 2 heteroatoms. The Bertz CT molecular complexity index is 408. The van der Waals surface area contributed by atoms with E-state index < -0.39 is 0 Å². The molecule has 2 aromatic rings. The number of pyridine rings is 1. The number of hydrogen-bond donors (Lipinski definition) is 0. The van der Waals surface area contributed by atoms with Gasteiger partial charge in [-0.15, -0.1) is 0 Å². The molecule has 0 saturated heterocycles. The molecule has 0 atom stereocenters. The molecule has 2 nitrogen and oxygen atoms in total. The first-order valence-corrected chi connectivity index (χ1v) is 4.95. The molecule has 75 valence electrons. The molecule has 0 fully saturated rings. The van der Waals surface area contributed by atoms with Gasteiger partial charge in [0.2, 0.25) is 0 Å². The Morgan fingerprint density at radius 1 is 1.27 bits per heavy atom. The predicted octanol–water partition coefficient (Wildman–Crippen LogP) is 2.95. The molecule has 15 heavy (non-hydrogen) atoms. The van der Waals surface area contributed by atoms with Crippen molar-refractivity contribution in [2.45, 2.75) is 6.92 Å². The van der Waals surface area contributed by atoms with Gasteiger partial charge < -0.3 is 4.74 Å². The van der Waals surface area contributed by atoms with E-state index in [9.17, 15) is 0 Å². The Hall–Kier alpha value is -1.83. The van der Waals surface area contributed by atoms with Crippen LogP contribution in [0.2, 0.25) is 0 Å². The number of rotatable bonds is 3. The first-order chi connectivity index (χ1) is 7.40. The van der Waals surface area contributed by atoms with Crippen LogP contribution in [0.25, 0.3) is 11.3 Å². The summed E-state index contributed by atoms with van der Waals surface area (Å²) in [5.74, 6) is 0.890. The van der Waals surface area contributed by atoms with Gasteiger partial charge in [-0.05, 0) is 49.4 Å². The normalized spacial score (nSPS) is 9.93. The molecule has 0 aliphatic carbocycles. The van der Waals surface area contributed by atoms with Gasteiger partial charge in [0.05, 0.1) is 12.3 Å². The highest BCUT2D eigenvalue weighted by Gasteiger charge is 1.98. The van der Waals surface area contributed by atoms with Gasteiger partial charge in [-0.25, -0.2) is 0 Å². The number of hydrogen-bond acceptors (Lipinski definition) is 2. The molecule has 0 saturated carbocycles. The van der Waals surface area contributed by atoms with Crippen molar-refractivity contribution >= 4 is 0 Å². The summed E-state index contributed by atoms with van der Waals surface area (Å²) in [7, 11) is 0. The van der Waals surface area contributed by atoms with Crippen LogP contribution < -0.4 is 4.74 Å². The highest BCUT2D eigenvalue weighted by molar-refractivity contribution is 5.59. The topological polar surface area (TPSA) is 22.1 Å². The molecule has 0 bridgehead atoms. The van der Waals surface area contributed by atoms with E-state index in [4.69, 9.17) is 4.74 Å². The van der Waals surface area contributed by atoms with Crippen LogP contribution in [-0.4, -0.2) is 11.6 Å². The van der Waals surface area contributed by atoms with E-state index in [1.54, 1.807) is 12.3 Å². The SMILES string of the molecule is CCOc1ccc(-c2c[c]ccn2)cc1. The van der Waals surface area contributed by atoms with Gasteiger partial charge in [0, 0.05) is 11.8 Å². The maximum absolute atomic E-state index is 5.37. The molecule has 0 unspecified atom stereocenters. The summed E-state index contributed by atoms with van der Waals surface area (Å²) in [4.78, 5) is 4.25. The molecule has 0 N–H and O–H groups in total. The molecular formula is C13H12NO. The van der Waals surface area contributed by atoms with E-state index in [2.05, 4.69) is 11.1 Å². The van der Waals surface area contributed by atoms with E-state index in [0.717, 1.165) is 17.0 Å². The molecule has 1 aromatic carbocycles. The lowest BCUT2D eigenvalue weighted by molar-refractivity contribution is 0.340. The van der Waals surface area contributed by atoms with Crippen molar-refractivity contribution < 1.29 is 4.74 Å². The summed E-state index contributed by atoms with van der Waals surface area (Å²) in [6.07, 6.45) is 1.74. The third kappa shape index (κ3) is 2.34. The maximum Gasteiger partial charge on any atom is 0.119 e. The number of nitrogens with zero attached hydrogens (tertiary/aromatic N) is 1. The van der Waals surface area contributed by atoms with Crippen LogP contribution in [0.3, 0.4) is 0 Å². The number of benzene rings is 1. The predicted molar refractivity (Wildman–Crippen MR) is 59.7 cm³/mol. The minimum Gasteiger partial charge on any atom is -0.494 e. The Morgan fingerprint density at radius 3 is 2.67 bits per heavy atom. The number of ether oxygens (including phenoxy) is 1. The Labute approximate surface area is 89.6 Å². The smallest absolute Gasteiger partial charge is 0.119 e. The van der Waals surface area contributed by atoms with Crippen LogP contribution in [0.5, 0.6) is 5.75 Å². The summed E-state index contributed by atoms with van der Waals surface area (Å²) >= 11 is 0. The van der Waals surface area contributed by atoms with E-state index in [0.29, 0.717) is 6.61 Å². The van der Waals surface area contributed by atoms with E-state index in [1.165, 1.54) is 0 Å². The van der Waals surface area contributed by atoms with Gasteiger partial charge in [0.25, 0.3) is 0 Å². The van der Waals surface area contributed by atoms with Crippen molar-refractivity contribution in [3.8, 4) is 17.0 Å². The lowest BCUT2D eigenvalue weighted by Crippen LogP contribution is -1.90. The van der Waals surface area contributed by atoms with Crippen LogP contribution in [0.1, 0.15) is 6.92 Å². The fourth-order valence-electron chi connectivity index (χ4n) is 1.37. The van der Waals surface area contributed by atoms with Crippen molar-refractivity contribution in [3.05, 3.63) is 48.7 Å². The molecule has 0 aliphatic heterocycles. The summed E-state index contributed by atoms with van der Waals surface area (Å²) in [5.41, 5.74) is 2.01. The standard InChI is InChI=1S/C13H12NO/c1-2-15-12-8-6-11(7-9-12)13-5-3-4-10-14-13/h4-10H,2H2,1H3. The lowest BCUT2D eigenvalue weighted by Gasteiger charge is -2.04. The molecule has 0 spiro atoms. The Morgan fingerprint density at radius 2 is 2.07 bits per heavy atom. The largest absolute Gasteiger partial charge is 0.494 e. The minimum atomic E-state index is 0.691. The average molecular weight is 198 g/mol. The summed E-state index contributed by atoms with van der Waals surface area (Å²) < 4.78 is 5.37. The third-order valence-electron chi connectivity index (χ3n) is 2.07. The maximum atomic E-state index is 5.37. The van der Waals surface area contributed by atoms with Crippen molar-refractivity contribution in [1.29, 1.82) is 0 Å². The average Bonchev–Trinajstić information content (AvgIpc) is 2.32. The fraction of sp³-hybridized carbons (Fsp3) is 0.154. The second-order valence-corrected chi connectivity index (χ2v) is 3.10. The van der Waals surface area contributed by atoms with Crippen LogP contribution in [-0.2, 0) is 0 Å². The molecule has 1 heterocycles. The minimum absolute atomic E-state index is 0.691. The highest BCUT2D eigenvalue weighted by Crippen LogP contribution is 2.19. The van der Waals surface area contributed by atoms with E-state index in [1.807, 2.05) is 37.3 Å². The molecule has 1 radical (unpaired) electrons. The van der Waals surface area contributed by atoms with Gasteiger partial charge in [-0.2, -0.15) is 0 Å². The first-order valence-electron chi connectivity index (χ1n) is 4.95. The summed E-state index contributed by atoms with van der Waals surface area (Å²) in [5, 5.41) is 0. The molecule has 0 aliphatic rings. The van der Waals surface area contributed by atoms with Gasteiger partial charge in [-0.3, -0.25) is 4.98 Å². The highest BCUT2D eigenvalue weighted by atomic mass is 16.5. The fourth-order valence-corrected chi connectivity index (χ4v) is 1.37. The van der Waals surface area contributed by atoms with Crippen molar-refractivity contribution in [1.82, 2.24) is 4.98 Å². The van der Waals surface area contributed by atoms with Crippen LogP contribution in [0.15, 0.2) is 42.6 Å². The van der Waals surface area contributed by atoms with Gasteiger partial charge in [0.15, 0.2) is 0 Å². The first kappa shape index (κ1) is 9.71. The zero-order valence-corrected chi connectivity index (χ0v) is 8.60. The zero-order valence-electron chi connectivity index (χ0n) is 8.60. The van der Waals surface area contributed by atoms with Crippen molar-refractivity contribution in [2.75, 3.05) is 6.61 Å². The van der Waals surface area contributed by atoms with Gasteiger partial charge >= 0.3 is 0 Å². The monoisotopic (exact) mass is 198 g/mol. The van der Waals surface area contributed by atoms with Crippen molar-refractivity contribution in [3.63, 3.8) is 0 Å². The van der Waals surface area contributed by atoms with E-state index >= 15 is 0 Å². The summed E-state index contributed by atoms with van der Waals surface area (Å²) in [6.45, 7) is 2.67. The van der Waals surface area contributed by atoms with E-state index in [-0.39, 0.29) is 0 Å². The quantitative estimate of drug-likeness (QED) is 0.756. The van der Waals surface area contributed by atoms with Crippen molar-refractivity contribution in [2.24, 2.45) is 0 Å². The van der Waals surface area contributed by atoms with Crippen LogP contribution in [0, 0.1) is 6.07 Å². The van der Waals surface area contributed by atoms with Crippen LogP contribution >= 0.6 is 0 Å². The Balaban J connectivity index is 2.24. The molecule has 1 aromatic heterocycles. The zero-order chi connectivity index (χ0) is 10.5.